The van der Waals surface area contributed by atoms with Crippen LogP contribution in [-0.4, -0.2) is 33.0 Å². The van der Waals surface area contributed by atoms with Crippen molar-refractivity contribution in [3.63, 3.8) is 0 Å². The summed E-state index contributed by atoms with van der Waals surface area (Å²) in [4.78, 5) is 13.0. The summed E-state index contributed by atoms with van der Waals surface area (Å²) < 4.78 is 2.10. The van der Waals surface area contributed by atoms with Gasteiger partial charge in [0.15, 0.2) is 11.0 Å². The van der Waals surface area contributed by atoms with E-state index < -0.39 is 0 Å². The van der Waals surface area contributed by atoms with Crippen molar-refractivity contribution in [2.75, 3.05) is 12.3 Å². The van der Waals surface area contributed by atoms with Gasteiger partial charge in [-0.1, -0.05) is 49.9 Å². The lowest BCUT2D eigenvalue weighted by molar-refractivity contribution is -0.121. The van der Waals surface area contributed by atoms with Crippen molar-refractivity contribution < 1.29 is 4.79 Å². The van der Waals surface area contributed by atoms with E-state index in [2.05, 4.69) is 52.1 Å². The average molecular weight is 415 g/mol. The molecule has 7 heteroatoms. The number of benzene rings is 1. The van der Waals surface area contributed by atoms with Gasteiger partial charge in [-0.3, -0.25) is 9.36 Å². The fourth-order valence-corrected chi connectivity index (χ4v) is 4.31. The van der Waals surface area contributed by atoms with E-state index in [4.69, 9.17) is 0 Å². The summed E-state index contributed by atoms with van der Waals surface area (Å²) in [6.45, 7) is 5.09. The molecule has 0 aliphatic carbocycles. The van der Waals surface area contributed by atoms with Gasteiger partial charge in [-0.05, 0) is 42.3 Å². The van der Waals surface area contributed by atoms with Crippen LogP contribution in [0.1, 0.15) is 33.1 Å². The molecule has 0 atom stereocenters. The van der Waals surface area contributed by atoms with Crippen LogP contribution in [0.15, 0.2) is 53.0 Å². The van der Waals surface area contributed by atoms with Crippen molar-refractivity contribution in [3.8, 4) is 16.4 Å². The fourth-order valence-electron chi connectivity index (χ4n) is 2.72. The zero-order valence-corrected chi connectivity index (χ0v) is 17.9. The van der Waals surface area contributed by atoms with Crippen molar-refractivity contribution in [2.45, 2.75) is 38.3 Å². The first-order valence-electron chi connectivity index (χ1n) is 9.59. The van der Waals surface area contributed by atoms with Crippen LogP contribution < -0.4 is 5.32 Å². The second kappa shape index (κ2) is 10.4. The number of hydrogen-bond acceptors (Lipinski definition) is 5. The van der Waals surface area contributed by atoms with Crippen LogP contribution in [0.3, 0.4) is 0 Å². The highest BCUT2D eigenvalue weighted by molar-refractivity contribution is 7.99. The van der Waals surface area contributed by atoms with E-state index >= 15 is 0 Å². The van der Waals surface area contributed by atoms with Gasteiger partial charge in [-0.25, -0.2) is 0 Å². The van der Waals surface area contributed by atoms with Crippen LogP contribution in [-0.2, 0) is 4.79 Å². The van der Waals surface area contributed by atoms with Gasteiger partial charge in [0, 0.05) is 24.4 Å². The number of thioether (sulfide) groups is 1. The Morgan fingerprint density at radius 2 is 2.00 bits per heavy atom. The molecule has 5 nitrogen and oxygen atoms in total. The first kappa shape index (κ1) is 20.6. The number of thiophene rings is 1. The molecule has 0 spiro atoms. The van der Waals surface area contributed by atoms with Gasteiger partial charge in [0.25, 0.3) is 0 Å². The third-order valence-corrected chi connectivity index (χ3v) is 6.09. The van der Waals surface area contributed by atoms with Crippen molar-refractivity contribution >= 4 is 29.0 Å². The average Bonchev–Trinajstić information content (AvgIpc) is 3.35. The smallest absolute Gasteiger partial charge is 0.220 e. The van der Waals surface area contributed by atoms with Gasteiger partial charge < -0.3 is 5.32 Å². The lowest BCUT2D eigenvalue weighted by Gasteiger charge is -2.09. The van der Waals surface area contributed by atoms with Gasteiger partial charge in [-0.2, -0.15) is 0 Å². The summed E-state index contributed by atoms with van der Waals surface area (Å²) in [7, 11) is 0. The molecule has 1 aromatic carbocycles. The molecule has 3 aromatic rings. The standard InChI is InChI=1S/C21H26N4OS2/c1-16(2)12-13-22-19(26)11-7-15-28-21-24-23-20(18-10-6-14-27-18)25(21)17-8-4-3-5-9-17/h3-6,8-10,14,16H,7,11-13,15H2,1-2H3,(H,22,26). The van der Waals surface area contributed by atoms with E-state index in [0.717, 1.165) is 46.7 Å². The van der Waals surface area contributed by atoms with Crippen LogP contribution in [0.2, 0.25) is 0 Å². The maximum Gasteiger partial charge on any atom is 0.220 e. The summed E-state index contributed by atoms with van der Waals surface area (Å²) in [5.41, 5.74) is 1.05. The van der Waals surface area contributed by atoms with E-state index in [1.165, 1.54) is 0 Å². The van der Waals surface area contributed by atoms with Gasteiger partial charge in [0.05, 0.1) is 4.88 Å². The number of carbonyl (C=O) groups is 1. The number of nitrogens with zero attached hydrogens (tertiary/aromatic N) is 3. The second-order valence-corrected chi connectivity index (χ2v) is 8.95. The minimum absolute atomic E-state index is 0.130. The zero-order chi connectivity index (χ0) is 19.8. The molecule has 148 valence electrons. The molecule has 0 radical (unpaired) electrons. The van der Waals surface area contributed by atoms with Crippen molar-refractivity contribution in [2.24, 2.45) is 5.92 Å². The normalized spacial score (nSPS) is 11.1. The molecule has 28 heavy (non-hydrogen) atoms. The van der Waals surface area contributed by atoms with Crippen LogP contribution in [0, 0.1) is 5.92 Å². The summed E-state index contributed by atoms with van der Waals surface area (Å²) >= 11 is 3.30. The van der Waals surface area contributed by atoms with Crippen molar-refractivity contribution in [1.82, 2.24) is 20.1 Å². The summed E-state index contributed by atoms with van der Waals surface area (Å²) in [6.07, 6.45) is 2.38. The SMILES string of the molecule is CC(C)CCNC(=O)CCCSc1nnc(-c2cccs2)n1-c1ccccc1. The maximum atomic E-state index is 11.9. The number of aromatic nitrogens is 3. The van der Waals surface area contributed by atoms with E-state index in [-0.39, 0.29) is 5.91 Å². The number of carbonyl (C=O) groups excluding carboxylic acids is 1. The summed E-state index contributed by atoms with van der Waals surface area (Å²) in [6, 6.07) is 14.2. The van der Waals surface area contributed by atoms with Crippen LogP contribution >= 0.6 is 23.1 Å². The molecule has 3 rings (SSSR count). The lowest BCUT2D eigenvalue weighted by atomic mass is 10.1. The second-order valence-electron chi connectivity index (χ2n) is 6.94. The van der Waals surface area contributed by atoms with E-state index in [1.54, 1.807) is 23.1 Å². The topological polar surface area (TPSA) is 59.8 Å². The molecule has 0 saturated carbocycles. The van der Waals surface area contributed by atoms with Crippen LogP contribution in [0.25, 0.3) is 16.4 Å². The first-order valence-corrected chi connectivity index (χ1v) is 11.5. The zero-order valence-electron chi connectivity index (χ0n) is 16.3. The number of hydrogen-bond donors (Lipinski definition) is 1. The van der Waals surface area contributed by atoms with Crippen molar-refractivity contribution in [3.05, 3.63) is 47.8 Å². The van der Waals surface area contributed by atoms with Gasteiger partial charge >= 0.3 is 0 Å². The number of amides is 1. The van der Waals surface area contributed by atoms with Crippen LogP contribution in [0.4, 0.5) is 0 Å². The molecular formula is C21H26N4OS2. The minimum Gasteiger partial charge on any atom is -0.356 e. The molecule has 1 N–H and O–H groups in total. The predicted octanol–water partition coefficient (Wildman–Crippen LogP) is 5.03. The first-order chi connectivity index (χ1) is 13.6. The molecule has 0 fully saturated rings. The molecule has 0 saturated heterocycles. The highest BCUT2D eigenvalue weighted by atomic mass is 32.2. The largest absolute Gasteiger partial charge is 0.356 e. The van der Waals surface area contributed by atoms with Gasteiger partial charge in [0.1, 0.15) is 0 Å². The van der Waals surface area contributed by atoms with Gasteiger partial charge in [-0.15, -0.1) is 21.5 Å². The number of para-hydroxylation sites is 1. The Kier molecular flexibility index (Phi) is 7.68. The Morgan fingerprint density at radius 1 is 1.18 bits per heavy atom. The highest BCUT2D eigenvalue weighted by Gasteiger charge is 2.16. The third-order valence-electron chi connectivity index (χ3n) is 4.21. The fraction of sp³-hybridized carbons (Fsp3) is 0.381. The third kappa shape index (κ3) is 5.69. The Bertz CT molecular complexity index is 860. The molecule has 0 aliphatic heterocycles. The van der Waals surface area contributed by atoms with E-state index in [1.807, 2.05) is 29.6 Å². The molecule has 0 bridgehead atoms. The summed E-state index contributed by atoms with van der Waals surface area (Å²) in [5.74, 6) is 2.42. The highest BCUT2D eigenvalue weighted by Crippen LogP contribution is 2.30. The quantitative estimate of drug-likeness (QED) is 0.373. The van der Waals surface area contributed by atoms with Crippen molar-refractivity contribution in [1.29, 1.82) is 0 Å². The Morgan fingerprint density at radius 3 is 2.71 bits per heavy atom. The molecular weight excluding hydrogens is 388 g/mol. The number of rotatable bonds is 10. The van der Waals surface area contributed by atoms with E-state index in [0.29, 0.717) is 12.3 Å². The Balaban J connectivity index is 1.61. The van der Waals surface area contributed by atoms with Crippen LogP contribution in [0.5, 0.6) is 0 Å². The Labute approximate surface area is 174 Å². The molecule has 2 heterocycles. The molecule has 0 unspecified atom stereocenters. The lowest BCUT2D eigenvalue weighted by Crippen LogP contribution is -2.25. The Hall–Kier alpha value is -2.12. The number of nitrogens with one attached hydrogen (secondary N) is 1. The molecule has 2 aromatic heterocycles. The summed E-state index contributed by atoms with van der Waals surface area (Å²) in [5, 5.41) is 14.7. The monoisotopic (exact) mass is 414 g/mol. The maximum absolute atomic E-state index is 11.9. The minimum atomic E-state index is 0.130. The predicted molar refractivity (Wildman–Crippen MR) is 117 cm³/mol. The molecule has 1 amide bonds. The van der Waals surface area contributed by atoms with Gasteiger partial charge in [0.2, 0.25) is 5.91 Å². The molecule has 0 aliphatic rings. The van der Waals surface area contributed by atoms with E-state index in [9.17, 15) is 4.79 Å².